The summed E-state index contributed by atoms with van der Waals surface area (Å²) >= 11 is 0. The van der Waals surface area contributed by atoms with Crippen LogP contribution in [0.1, 0.15) is 0 Å². The van der Waals surface area contributed by atoms with Crippen molar-refractivity contribution in [2.45, 2.75) is 6.23 Å². The quantitative estimate of drug-likeness (QED) is 0.496. The van der Waals surface area contributed by atoms with Gasteiger partial charge in [0.25, 0.3) is 5.91 Å². The molecule has 5 heteroatoms. The molecule has 1 amide bonds. The second-order valence-electron chi connectivity index (χ2n) is 2.42. The van der Waals surface area contributed by atoms with E-state index in [1.54, 1.807) is 4.90 Å². The number of morpholine rings is 1. The van der Waals surface area contributed by atoms with E-state index < -0.39 is 12.1 Å². The minimum Gasteiger partial charge on any atom is -0.379 e. The van der Waals surface area contributed by atoms with E-state index in [0.29, 0.717) is 26.3 Å². The minimum absolute atomic E-state index is 0.546. The summed E-state index contributed by atoms with van der Waals surface area (Å²) in [6, 6.07) is 0. The lowest BCUT2D eigenvalue weighted by Gasteiger charge is -2.28. The molecule has 0 saturated carbocycles. The number of carbonyl (C=O) groups is 1. The van der Waals surface area contributed by atoms with E-state index >= 15 is 0 Å². The van der Waals surface area contributed by atoms with Crippen LogP contribution >= 0.6 is 0 Å². The average molecular weight is 160 g/mol. The van der Waals surface area contributed by atoms with Crippen molar-refractivity contribution in [2.75, 3.05) is 26.3 Å². The molecule has 1 saturated heterocycles. The number of amides is 1. The molecule has 1 fully saturated rings. The summed E-state index contributed by atoms with van der Waals surface area (Å²) in [4.78, 5) is 12.1. The summed E-state index contributed by atoms with van der Waals surface area (Å²) in [5, 5.41) is 9.15. The highest BCUT2D eigenvalue weighted by atomic mass is 16.5. The Morgan fingerprint density at radius 2 is 2.09 bits per heavy atom. The van der Waals surface area contributed by atoms with Crippen molar-refractivity contribution < 1.29 is 14.6 Å². The molecule has 0 aromatic carbocycles. The zero-order chi connectivity index (χ0) is 8.27. The molecule has 1 rings (SSSR count). The van der Waals surface area contributed by atoms with Crippen molar-refractivity contribution in [1.29, 1.82) is 0 Å². The Labute approximate surface area is 64.7 Å². The molecule has 0 aliphatic carbocycles. The van der Waals surface area contributed by atoms with Gasteiger partial charge in [0, 0.05) is 13.1 Å². The smallest absolute Gasteiger partial charge is 0.261 e. The third-order valence-corrected chi connectivity index (χ3v) is 1.65. The molecule has 5 nitrogen and oxygen atoms in total. The first kappa shape index (κ1) is 8.45. The number of aliphatic hydroxyl groups is 1. The van der Waals surface area contributed by atoms with Gasteiger partial charge in [-0.2, -0.15) is 0 Å². The van der Waals surface area contributed by atoms with Gasteiger partial charge in [0.15, 0.2) is 6.23 Å². The Morgan fingerprint density at radius 3 is 2.55 bits per heavy atom. The fraction of sp³-hybridized carbons (Fsp3) is 0.833. The summed E-state index contributed by atoms with van der Waals surface area (Å²) in [6.07, 6.45) is -1.15. The molecule has 3 N–H and O–H groups in total. The van der Waals surface area contributed by atoms with Crippen LogP contribution in [0.2, 0.25) is 0 Å². The first-order valence-corrected chi connectivity index (χ1v) is 3.51. The largest absolute Gasteiger partial charge is 0.379 e. The van der Waals surface area contributed by atoms with Gasteiger partial charge in [0.05, 0.1) is 13.2 Å². The first-order valence-electron chi connectivity index (χ1n) is 3.51. The van der Waals surface area contributed by atoms with Crippen LogP contribution in [-0.2, 0) is 9.53 Å². The predicted molar refractivity (Wildman–Crippen MR) is 37.6 cm³/mol. The Kier molecular flexibility index (Phi) is 2.81. The Balaban J connectivity index is 2.38. The SMILES string of the molecule is NC(=O)C(O)N1CCOCC1. The number of carbonyl (C=O) groups excluding carboxylic acids is 1. The number of rotatable bonds is 2. The Hall–Kier alpha value is -0.650. The molecule has 0 bridgehead atoms. The lowest BCUT2D eigenvalue weighted by molar-refractivity contribution is -0.140. The number of nitrogens with zero attached hydrogens (tertiary/aromatic N) is 1. The standard InChI is InChI=1S/C6H12N2O3/c7-5(9)6(10)8-1-3-11-4-2-8/h6,10H,1-4H2,(H2,7,9). The molecule has 11 heavy (non-hydrogen) atoms. The third kappa shape index (κ3) is 2.14. The number of hydrogen-bond donors (Lipinski definition) is 2. The molecule has 1 unspecified atom stereocenters. The van der Waals surface area contributed by atoms with Crippen LogP contribution in [0.25, 0.3) is 0 Å². The molecule has 0 spiro atoms. The van der Waals surface area contributed by atoms with Crippen LogP contribution in [0.5, 0.6) is 0 Å². The molecule has 1 aliphatic rings. The van der Waals surface area contributed by atoms with Crippen molar-refractivity contribution in [1.82, 2.24) is 4.90 Å². The van der Waals surface area contributed by atoms with Crippen LogP contribution < -0.4 is 5.73 Å². The monoisotopic (exact) mass is 160 g/mol. The molecular formula is C6H12N2O3. The van der Waals surface area contributed by atoms with Gasteiger partial charge in [0.2, 0.25) is 0 Å². The molecule has 0 radical (unpaired) electrons. The van der Waals surface area contributed by atoms with E-state index in [1.165, 1.54) is 0 Å². The first-order chi connectivity index (χ1) is 5.22. The van der Waals surface area contributed by atoms with Crippen LogP contribution in [0, 0.1) is 0 Å². The molecule has 0 aromatic rings. The van der Waals surface area contributed by atoms with E-state index in [0.717, 1.165) is 0 Å². The minimum atomic E-state index is -1.15. The number of ether oxygens (including phenoxy) is 1. The van der Waals surface area contributed by atoms with Crippen molar-refractivity contribution in [3.05, 3.63) is 0 Å². The van der Waals surface area contributed by atoms with Crippen molar-refractivity contribution in [3.8, 4) is 0 Å². The Bertz CT molecular complexity index is 145. The summed E-state index contributed by atoms with van der Waals surface area (Å²) < 4.78 is 5.02. The number of aliphatic hydroxyl groups excluding tert-OH is 1. The van der Waals surface area contributed by atoms with Gasteiger partial charge in [-0.3, -0.25) is 9.69 Å². The summed E-state index contributed by atoms with van der Waals surface area (Å²) in [6.45, 7) is 2.21. The third-order valence-electron chi connectivity index (χ3n) is 1.65. The van der Waals surface area contributed by atoms with Crippen molar-refractivity contribution in [3.63, 3.8) is 0 Å². The zero-order valence-electron chi connectivity index (χ0n) is 6.19. The average Bonchev–Trinajstić information content (AvgIpc) is 2.05. The van der Waals surface area contributed by atoms with Gasteiger partial charge in [-0.1, -0.05) is 0 Å². The maximum atomic E-state index is 10.5. The van der Waals surface area contributed by atoms with Crippen LogP contribution in [-0.4, -0.2) is 48.4 Å². The summed E-state index contributed by atoms with van der Waals surface area (Å²) in [7, 11) is 0. The fourth-order valence-corrected chi connectivity index (χ4v) is 1.00. The molecular weight excluding hydrogens is 148 g/mol. The van der Waals surface area contributed by atoms with Crippen LogP contribution in [0.3, 0.4) is 0 Å². The Morgan fingerprint density at radius 1 is 1.55 bits per heavy atom. The van der Waals surface area contributed by atoms with E-state index in [2.05, 4.69) is 0 Å². The fourth-order valence-electron chi connectivity index (χ4n) is 1.00. The van der Waals surface area contributed by atoms with E-state index in [9.17, 15) is 4.79 Å². The number of nitrogens with two attached hydrogens (primary N) is 1. The van der Waals surface area contributed by atoms with Crippen LogP contribution in [0.15, 0.2) is 0 Å². The molecule has 1 atom stereocenters. The highest BCUT2D eigenvalue weighted by Gasteiger charge is 2.22. The maximum Gasteiger partial charge on any atom is 0.261 e. The molecule has 64 valence electrons. The number of primary amides is 1. The topological polar surface area (TPSA) is 75.8 Å². The van der Waals surface area contributed by atoms with E-state index in [4.69, 9.17) is 15.6 Å². The highest BCUT2D eigenvalue weighted by molar-refractivity contribution is 5.78. The lowest BCUT2D eigenvalue weighted by atomic mass is 10.4. The van der Waals surface area contributed by atoms with E-state index in [-0.39, 0.29) is 0 Å². The van der Waals surface area contributed by atoms with Gasteiger partial charge < -0.3 is 15.6 Å². The number of hydrogen-bond acceptors (Lipinski definition) is 4. The van der Waals surface area contributed by atoms with Gasteiger partial charge in [0.1, 0.15) is 0 Å². The van der Waals surface area contributed by atoms with Crippen molar-refractivity contribution in [2.24, 2.45) is 5.73 Å². The van der Waals surface area contributed by atoms with Crippen molar-refractivity contribution >= 4 is 5.91 Å². The zero-order valence-corrected chi connectivity index (χ0v) is 6.19. The lowest BCUT2D eigenvalue weighted by Crippen LogP contribution is -2.49. The molecule has 1 heterocycles. The predicted octanol–water partition coefficient (Wildman–Crippen LogP) is -1.88. The van der Waals surface area contributed by atoms with E-state index in [1.807, 2.05) is 0 Å². The van der Waals surface area contributed by atoms with Gasteiger partial charge in [-0.05, 0) is 0 Å². The second-order valence-corrected chi connectivity index (χ2v) is 2.42. The summed E-state index contributed by atoms with van der Waals surface area (Å²) in [5.74, 6) is -0.702. The van der Waals surface area contributed by atoms with Gasteiger partial charge in [-0.15, -0.1) is 0 Å². The molecule has 0 aromatic heterocycles. The van der Waals surface area contributed by atoms with Gasteiger partial charge >= 0.3 is 0 Å². The highest BCUT2D eigenvalue weighted by Crippen LogP contribution is 2.00. The second kappa shape index (κ2) is 3.66. The molecule has 1 aliphatic heterocycles. The normalized spacial score (nSPS) is 23.0. The summed E-state index contributed by atoms with van der Waals surface area (Å²) in [5.41, 5.74) is 4.90. The van der Waals surface area contributed by atoms with Gasteiger partial charge in [-0.25, -0.2) is 0 Å². The maximum absolute atomic E-state index is 10.5. The van der Waals surface area contributed by atoms with Crippen LogP contribution in [0.4, 0.5) is 0 Å².